The summed E-state index contributed by atoms with van der Waals surface area (Å²) in [6.45, 7) is 3.74. The molecule has 0 heterocycles. The second kappa shape index (κ2) is 13.4. The monoisotopic (exact) mass is 463 g/mol. The number of unbranched alkanes of at least 4 members (excludes halogenated alkanes) is 2. The van der Waals surface area contributed by atoms with Gasteiger partial charge in [0.25, 0.3) is 0 Å². The first-order valence-electron chi connectivity index (χ1n) is 12.2. The molecule has 0 spiro atoms. The van der Waals surface area contributed by atoms with Crippen molar-refractivity contribution < 1.29 is 28.9 Å². The number of phenols is 1. The number of ether oxygens (including phenoxy) is 3. The van der Waals surface area contributed by atoms with E-state index in [1.165, 1.54) is 14.0 Å². The Kier molecular flexibility index (Phi) is 11.0. The molecule has 1 aromatic carbocycles. The SMILES string of the molecule is CCCCC[C@@H](OC(C)=O)C1([C@H](CCc2ccc(O)c(OC)c2)OC(=O)CNC)CCCC1. The van der Waals surface area contributed by atoms with E-state index < -0.39 is 0 Å². The van der Waals surface area contributed by atoms with E-state index in [0.717, 1.165) is 56.9 Å². The highest BCUT2D eigenvalue weighted by atomic mass is 16.6. The van der Waals surface area contributed by atoms with Crippen molar-refractivity contribution in [1.29, 1.82) is 0 Å². The van der Waals surface area contributed by atoms with Gasteiger partial charge in [0.1, 0.15) is 12.2 Å². The second-order valence-electron chi connectivity index (χ2n) is 9.09. The minimum absolute atomic E-state index is 0.0938. The van der Waals surface area contributed by atoms with Crippen LogP contribution in [0.15, 0.2) is 18.2 Å². The van der Waals surface area contributed by atoms with Crippen molar-refractivity contribution in [2.45, 2.75) is 90.3 Å². The Bertz CT molecular complexity index is 759. The van der Waals surface area contributed by atoms with Crippen LogP contribution in [0.5, 0.6) is 11.5 Å². The Morgan fingerprint density at radius 1 is 1.12 bits per heavy atom. The molecule has 0 saturated heterocycles. The van der Waals surface area contributed by atoms with Crippen LogP contribution in [-0.2, 0) is 25.5 Å². The number of hydrogen-bond donors (Lipinski definition) is 2. The Balaban J connectivity index is 2.32. The smallest absolute Gasteiger partial charge is 0.320 e. The van der Waals surface area contributed by atoms with Crippen molar-refractivity contribution >= 4 is 11.9 Å². The average molecular weight is 464 g/mol. The van der Waals surface area contributed by atoms with Crippen LogP contribution in [0.3, 0.4) is 0 Å². The first-order chi connectivity index (χ1) is 15.9. The zero-order valence-electron chi connectivity index (χ0n) is 20.7. The number of rotatable bonds is 14. The number of likely N-dealkylation sites (N-methyl/N-ethyl adjacent to an activating group) is 1. The van der Waals surface area contributed by atoms with Gasteiger partial charge in [-0.05, 0) is 63.3 Å². The lowest BCUT2D eigenvalue weighted by Crippen LogP contribution is -2.48. The van der Waals surface area contributed by atoms with Gasteiger partial charge >= 0.3 is 11.9 Å². The molecule has 0 bridgehead atoms. The molecule has 0 radical (unpaired) electrons. The molecule has 1 fully saturated rings. The van der Waals surface area contributed by atoms with Crippen molar-refractivity contribution in [3.05, 3.63) is 23.8 Å². The van der Waals surface area contributed by atoms with Gasteiger partial charge < -0.3 is 24.6 Å². The molecule has 0 aliphatic heterocycles. The van der Waals surface area contributed by atoms with Crippen LogP contribution >= 0.6 is 0 Å². The summed E-state index contributed by atoms with van der Waals surface area (Å²) in [5.74, 6) is -0.0703. The van der Waals surface area contributed by atoms with E-state index in [2.05, 4.69) is 12.2 Å². The van der Waals surface area contributed by atoms with E-state index in [0.29, 0.717) is 18.6 Å². The van der Waals surface area contributed by atoms with Crippen LogP contribution < -0.4 is 10.1 Å². The van der Waals surface area contributed by atoms with Gasteiger partial charge in [-0.25, -0.2) is 0 Å². The van der Waals surface area contributed by atoms with Crippen molar-refractivity contribution in [3.8, 4) is 11.5 Å². The highest BCUT2D eigenvalue weighted by Gasteiger charge is 2.50. The van der Waals surface area contributed by atoms with Gasteiger partial charge in [0.05, 0.1) is 13.7 Å². The molecule has 1 aliphatic rings. The van der Waals surface area contributed by atoms with Gasteiger partial charge in [-0.15, -0.1) is 0 Å². The number of carbonyl (C=O) groups is 2. The molecule has 2 N–H and O–H groups in total. The number of methoxy groups -OCH3 is 1. The molecule has 2 atom stereocenters. The molecular formula is C26H41NO6. The summed E-state index contributed by atoms with van der Waals surface area (Å²) in [4.78, 5) is 24.6. The van der Waals surface area contributed by atoms with Crippen LogP contribution in [0, 0.1) is 5.41 Å². The lowest BCUT2D eigenvalue weighted by atomic mass is 9.71. The summed E-state index contributed by atoms with van der Waals surface area (Å²) >= 11 is 0. The molecule has 0 amide bonds. The van der Waals surface area contributed by atoms with Crippen LogP contribution in [0.1, 0.15) is 77.2 Å². The van der Waals surface area contributed by atoms with Gasteiger partial charge in [0.2, 0.25) is 0 Å². The Morgan fingerprint density at radius 2 is 1.82 bits per heavy atom. The summed E-state index contributed by atoms with van der Waals surface area (Å²) in [5.41, 5.74) is 0.603. The fourth-order valence-corrected chi connectivity index (χ4v) is 5.11. The number of esters is 2. The molecule has 1 aliphatic carbocycles. The predicted octanol–water partition coefficient (Wildman–Crippen LogP) is 4.54. The third kappa shape index (κ3) is 7.63. The number of aromatic hydroxyl groups is 1. The Hall–Kier alpha value is -2.28. The van der Waals surface area contributed by atoms with Crippen molar-refractivity contribution in [2.75, 3.05) is 20.7 Å². The molecule has 7 heteroatoms. The maximum Gasteiger partial charge on any atom is 0.320 e. The molecular weight excluding hydrogens is 422 g/mol. The quantitative estimate of drug-likeness (QED) is 0.309. The van der Waals surface area contributed by atoms with E-state index in [9.17, 15) is 14.7 Å². The molecule has 0 unspecified atom stereocenters. The topological polar surface area (TPSA) is 94.1 Å². The summed E-state index contributed by atoms with van der Waals surface area (Å²) in [5, 5.41) is 12.8. The predicted molar refractivity (Wildman–Crippen MR) is 127 cm³/mol. The number of phenolic OH excluding ortho intramolecular Hbond substituents is 1. The number of aryl methyl sites for hydroxylation is 1. The number of carbonyl (C=O) groups excluding carboxylic acids is 2. The van der Waals surface area contributed by atoms with Crippen LogP contribution in [0.25, 0.3) is 0 Å². The average Bonchev–Trinajstić information content (AvgIpc) is 3.28. The fraction of sp³-hybridized carbons (Fsp3) is 0.692. The molecule has 7 nitrogen and oxygen atoms in total. The van der Waals surface area contributed by atoms with Gasteiger partial charge in [0, 0.05) is 12.3 Å². The van der Waals surface area contributed by atoms with Crippen LogP contribution in [-0.4, -0.2) is 50.0 Å². The zero-order chi connectivity index (χ0) is 24.3. The van der Waals surface area contributed by atoms with Gasteiger partial charge in [-0.2, -0.15) is 0 Å². The molecule has 33 heavy (non-hydrogen) atoms. The standard InChI is InChI=1S/C26H41NO6/c1-5-6-7-10-23(32-19(2)28)26(15-8-9-16-26)24(33-25(30)18-27-3)14-12-20-11-13-21(29)22(17-20)31-4/h11,13,17,23-24,27,29H,5-10,12,14-16,18H2,1-4H3/t23-,24+/m1/s1. The number of hydrogen-bond acceptors (Lipinski definition) is 7. The normalized spacial score (nSPS) is 16.7. The molecule has 2 rings (SSSR count). The van der Waals surface area contributed by atoms with E-state index in [4.69, 9.17) is 14.2 Å². The maximum absolute atomic E-state index is 12.6. The number of benzene rings is 1. The van der Waals surface area contributed by atoms with Crippen molar-refractivity contribution in [3.63, 3.8) is 0 Å². The molecule has 186 valence electrons. The highest BCUT2D eigenvalue weighted by Crippen LogP contribution is 2.49. The van der Waals surface area contributed by atoms with E-state index in [1.807, 2.05) is 12.1 Å². The van der Waals surface area contributed by atoms with Gasteiger partial charge in [0.15, 0.2) is 11.5 Å². The van der Waals surface area contributed by atoms with Crippen LogP contribution in [0.2, 0.25) is 0 Å². The van der Waals surface area contributed by atoms with Gasteiger partial charge in [-0.3, -0.25) is 9.59 Å². The third-order valence-electron chi connectivity index (χ3n) is 6.73. The van der Waals surface area contributed by atoms with E-state index in [1.54, 1.807) is 13.1 Å². The van der Waals surface area contributed by atoms with Crippen LogP contribution in [0.4, 0.5) is 0 Å². The minimum Gasteiger partial charge on any atom is -0.504 e. The fourth-order valence-electron chi connectivity index (χ4n) is 5.11. The maximum atomic E-state index is 12.6. The second-order valence-corrected chi connectivity index (χ2v) is 9.09. The van der Waals surface area contributed by atoms with E-state index >= 15 is 0 Å². The lowest BCUT2D eigenvalue weighted by Gasteiger charge is -2.42. The minimum atomic E-state index is -0.385. The Labute approximate surface area is 198 Å². The number of nitrogens with one attached hydrogen (secondary N) is 1. The Morgan fingerprint density at radius 3 is 2.42 bits per heavy atom. The zero-order valence-corrected chi connectivity index (χ0v) is 20.7. The summed E-state index contributed by atoms with van der Waals surface area (Å²) < 4.78 is 17.2. The summed E-state index contributed by atoms with van der Waals surface area (Å²) in [6.07, 6.45) is 8.32. The van der Waals surface area contributed by atoms with Crippen molar-refractivity contribution in [1.82, 2.24) is 5.32 Å². The largest absolute Gasteiger partial charge is 0.504 e. The molecule has 1 aromatic rings. The molecule has 1 saturated carbocycles. The summed E-state index contributed by atoms with van der Waals surface area (Å²) in [7, 11) is 3.24. The van der Waals surface area contributed by atoms with Gasteiger partial charge in [-0.1, -0.05) is 38.7 Å². The third-order valence-corrected chi connectivity index (χ3v) is 6.73. The molecule has 0 aromatic heterocycles. The van der Waals surface area contributed by atoms with Crippen molar-refractivity contribution in [2.24, 2.45) is 5.41 Å². The highest BCUT2D eigenvalue weighted by molar-refractivity contribution is 5.72. The summed E-state index contributed by atoms with van der Waals surface area (Å²) in [6, 6.07) is 5.29. The first kappa shape index (κ1) is 27.0. The first-order valence-corrected chi connectivity index (χ1v) is 12.2. The van der Waals surface area contributed by atoms with E-state index in [-0.39, 0.29) is 41.9 Å². The lowest BCUT2D eigenvalue weighted by molar-refractivity contribution is -0.174.